The monoisotopic (exact) mass is 455 g/mol. The van der Waals surface area contributed by atoms with E-state index in [2.05, 4.69) is 39.6 Å². The van der Waals surface area contributed by atoms with E-state index in [1.54, 1.807) is 0 Å². The summed E-state index contributed by atoms with van der Waals surface area (Å²) in [6.07, 6.45) is 1.63. The van der Waals surface area contributed by atoms with E-state index in [4.69, 9.17) is 0 Å². The van der Waals surface area contributed by atoms with Crippen LogP contribution >= 0.6 is 11.8 Å². The summed E-state index contributed by atoms with van der Waals surface area (Å²) in [5.74, 6) is 1.69. The normalized spacial score (nSPS) is 14.6. The first kappa shape index (κ1) is 24.0. The van der Waals surface area contributed by atoms with Crippen LogP contribution in [0.1, 0.15) is 52.0 Å². The third kappa shape index (κ3) is 6.95. The lowest BCUT2D eigenvalue weighted by Crippen LogP contribution is -2.42. The van der Waals surface area contributed by atoms with Crippen molar-refractivity contribution in [3.05, 3.63) is 42.0 Å². The van der Waals surface area contributed by atoms with Gasteiger partial charge in [0.05, 0.1) is 5.75 Å². The Morgan fingerprint density at radius 2 is 1.72 bits per heavy atom. The Balaban J connectivity index is 1.44. The molecular formula is C24H33N5O2S. The number of hydrogen-bond acceptors (Lipinski definition) is 6. The van der Waals surface area contributed by atoms with Crippen molar-refractivity contribution in [3.63, 3.8) is 0 Å². The minimum atomic E-state index is -0.0695. The number of nitrogens with one attached hydrogen (secondary N) is 2. The molecule has 0 spiro atoms. The minimum absolute atomic E-state index is 0.0662. The van der Waals surface area contributed by atoms with E-state index in [-0.39, 0.29) is 29.5 Å². The third-order valence-electron chi connectivity index (χ3n) is 5.46. The van der Waals surface area contributed by atoms with Crippen molar-refractivity contribution in [2.24, 2.45) is 5.92 Å². The molecule has 1 aromatic heterocycles. The molecule has 0 aliphatic carbocycles. The van der Waals surface area contributed by atoms with Crippen LogP contribution in [0.3, 0.4) is 0 Å². The van der Waals surface area contributed by atoms with Crippen LogP contribution in [0.5, 0.6) is 0 Å². The fourth-order valence-electron chi connectivity index (χ4n) is 3.62. The molecule has 1 aliphatic rings. The molecule has 0 radical (unpaired) electrons. The zero-order chi connectivity index (χ0) is 23.1. The molecule has 1 aromatic carbocycles. The number of benzene rings is 1. The highest BCUT2D eigenvalue weighted by molar-refractivity contribution is 7.99. The van der Waals surface area contributed by atoms with Crippen molar-refractivity contribution in [1.82, 2.24) is 15.5 Å². The van der Waals surface area contributed by atoms with Gasteiger partial charge in [0.25, 0.3) is 0 Å². The Hall–Kier alpha value is -2.61. The second kappa shape index (κ2) is 11.3. The molecular weight excluding hydrogens is 422 g/mol. The maximum absolute atomic E-state index is 12.3. The summed E-state index contributed by atoms with van der Waals surface area (Å²) in [5.41, 5.74) is 2.04. The van der Waals surface area contributed by atoms with Gasteiger partial charge in [0.15, 0.2) is 5.82 Å². The molecule has 1 aliphatic heterocycles. The van der Waals surface area contributed by atoms with E-state index in [1.807, 2.05) is 50.2 Å². The summed E-state index contributed by atoms with van der Waals surface area (Å²) >= 11 is 1.36. The summed E-state index contributed by atoms with van der Waals surface area (Å²) in [4.78, 5) is 26.6. The van der Waals surface area contributed by atoms with Gasteiger partial charge in [-0.1, -0.05) is 37.7 Å². The predicted molar refractivity (Wildman–Crippen MR) is 130 cm³/mol. The number of rotatable bonds is 8. The average molecular weight is 456 g/mol. The summed E-state index contributed by atoms with van der Waals surface area (Å²) in [7, 11) is 0. The molecule has 0 unspecified atom stereocenters. The smallest absolute Gasteiger partial charge is 0.234 e. The Bertz CT molecular complexity index is 892. The van der Waals surface area contributed by atoms with Crippen LogP contribution in [-0.2, 0) is 9.59 Å². The highest BCUT2D eigenvalue weighted by Crippen LogP contribution is 2.24. The van der Waals surface area contributed by atoms with E-state index in [0.29, 0.717) is 10.9 Å². The predicted octanol–water partition coefficient (Wildman–Crippen LogP) is 4.07. The average Bonchev–Trinajstić information content (AvgIpc) is 2.78. The Labute approximate surface area is 194 Å². The Morgan fingerprint density at radius 1 is 1.03 bits per heavy atom. The van der Waals surface area contributed by atoms with Crippen molar-refractivity contribution in [1.29, 1.82) is 0 Å². The molecule has 0 saturated carbocycles. The number of amides is 2. The van der Waals surface area contributed by atoms with E-state index in [9.17, 15) is 9.59 Å². The number of anilines is 2. The number of hydrogen-bond donors (Lipinski definition) is 2. The van der Waals surface area contributed by atoms with Crippen molar-refractivity contribution in [2.75, 3.05) is 29.1 Å². The third-order valence-corrected chi connectivity index (χ3v) is 6.38. The van der Waals surface area contributed by atoms with Crippen LogP contribution < -0.4 is 15.5 Å². The van der Waals surface area contributed by atoms with Gasteiger partial charge in [-0.15, -0.1) is 10.2 Å². The number of nitrogens with zero attached hydrogens (tertiary/aromatic N) is 3. The lowest BCUT2D eigenvalue weighted by atomic mass is 9.95. The molecule has 7 nitrogen and oxygen atoms in total. The van der Waals surface area contributed by atoms with Crippen LogP contribution in [0.25, 0.3) is 0 Å². The highest BCUT2D eigenvalue weighted by atomic mass is 32.2. The van der Waals surface area contributed by atoms with Gasteiger partial charge in [-0.2, -0.15) is 0 Å². The quantitative estimate of drug-likeness (QED) is 0.584. The van der Waals surface area contributed by atoms with Gasteiger partial charge in [-0.05, 0) is 62.4 Å². The van der Waals surface area contributed by atoms with Gasteiger partial charge in [0.2, 0.25) is 11.8 Å². The lowest BCUT2D eigenvalue weighted by molar-refractivity contribution is -0.126. The topological polar surface area (TPSA) is 87.2 Å². The molecule has 2 aromatic rings. The molecule has 3 rings (SSSR count). The molecule has 32 heavy (non-hydrogen) atoms. The van der Waals surface area contributed by atoms with Gasteiger partial charge in [-0.3, -0.25) is 9.59 Å². The molecule has 1 fully saturated rings. The molecule has 172 valence electrons. The standard InChI is InChI=1S/C24H33N5O2S/c1-16(2)18-5-7-20(8-6-18)26-22(30)15-32-23-10-9-21(27-28-23)29-13-11-19(12-14-29)24(31)25-17(3)4/h5-10,16-17,19H,11-15H2,1-4H3,(H,25,31)(H,26,30). The first-order valence-corrected chi connectivity index (χ1v) is 12.2. The van der Waals surface area contributed by atoms with Gasteiger partial charge >= 0.3 is 0 Å². The zero-order valence-electron chi connectivity index (χ0n) is 19.3. The van der Waals surface area contributed by atoms with Gasteiger partial charge in [-0.25, -0.2) is 0 Å². The van der Waals surface area contributed by atoms with Gasteiger partial charge < -0.3 is 15.5 Å². The number of carbonyl (C=O) groups is 2. The summed E-state index contributed by atoms with van der Waals surface area (Å²) in [6, 6.07) is 11.9. The number of thioether (sulfide) groups is 1. The van der Waals surface area contributed by atoms with E-state index in [1.165, 1.54) is 17.3 Å². The Kier molecular flexibility index (Phi) is 8.50. The minimum Gasteiger partial charge on any atom is -0.355 e. The summed E-state index contributed by atoms with van der Waals surface area (Å²) in [5, 5.41) is 15.2. The SMILES string of the molecule is CC(C)NC(=O)C1CCN(c2ccc(SCC(=O)Nc3ccc(C(C)C)cc3)nn2)CC1. The van der Waals surface area contributed by atoms with Crippen LogP contribution in [0.4, 0.5) is 11.5 Å². The largest absolute Gasteiger partial charge is 0.355 e. The maximum atomic E-state index is 12.3. The first-order valence-electron chi connectivity index (χ1n) is 11.2. The number of aromatic nitrogens is 2. The van der Waals surface area contributed by atoms with Crippen LogP contribution in [0.15, 0.2) is 41.4 Å². The molecule has 0 atom stereocenters. The molecule has 8 heteroatoms. The number of carbonyl (C=O) groups excluding carboxylic acids is 2. The van der Waals surface area contributed by atoms with Crippen LogP contribution in [-0.4, -0.2) is 46.9 Å². The van der Waals surface area contributed by atoms with Crippen molar-refractivity contribution >= 4 is 35.1 Å². The van der Waals surface area contributed by atoms with E-state index >= 15 is 0 Å². The van der Waals surface area contributed by atoms with Gasteiger partial charge in [0, 0.05) is 30.7 Å². The molecule has 1 saturated heterocycles. The second-order valence-electron chi connectivity index (χ2n) is 8.77. The fraction of sp³-hybridized carbons (Fsp3) is 0.500. The lowest BCUT2D eigenvalue weighted by Gasteiger charge is -2.32. The van der Waals surface area contributed by atoms with Crippen molar-refractivity contribution < 1.29 is 9.59 Å². The first-order chi connectivity index (χ1) is 15.3. The number of piperidine rings is 1. The fourth-order valence-corrected chi connectivity index (χ4v) is 4.23. The van der Waals surface area contributed by atoms with Gasteiger partial charge in [0.1, 0.15) is 5.03 Å². The molecule has 2 N–H and O–H groups in total. The summed E-state index contributed by atoms with van der Waals surface area (Å²) < 4.78 is 0. The molecule has 2 heterocycles. The Morgan fingerprint density at radius 3 is 2.28 bits per heavy atom. The van der Waals surface area contributed by atoms with Crippen molar-refractivity contribution in [3.8, 4) is 0 Å². The maximum Gasteiger partial charge on any atom is 0.234 e. The summed E-state index contributed by atoms with van der Waals surface area (Å²) in [6.45, 7) is 9.83. The van der Waals surface area contributed by atoms with Crippen LogP contribution in [0, 0.1) is 5.92 Å². The highest BCUT2D eigenvalue weighted by Gasteiger charge is 2.26. The van der Waals surface area contributed by atoms with Crippen LogP contribution in [0.2, 0.25) is 0 Å². The second-order valence-corrected chi connectivity index (χ2v) is 9.76. The van der Waals surface area contributed by atoms with E-state index < -0.39 is 0 Å². The molecule has 2 amide bonds. The van der Waals surface area contributed by atoms with Crippen molar-refractivity contribution in [2.45, 2.75) is 57.5 Å². The molecule has 0 bridgehead atoms. The van der Waals surface area contributed by atoms with E-state index in [0.717, 1.165) is 37.4 Å². The zero-order valence-corrected chi connectivity index (χ0v) is 20.1.